The molecule has 0 atom stereocenters. The SMILES string of the molecule is CCCc1ccc(NC(=O)COc2cccc(I)c2)cc1. The van der Waals surface area contributed by atoms with Gasteiger partial charge in [0.15, 0.2) is 6.61 Å². The van der Waals surface area contributed by atoms with Crippen LogP contribution in [0.25, 0.3) is 0 Å². The molecule has 0 spiro atoms. The highest BCUT2D eigenvalue weighted by Crippen LogP contribution is 2.15. The molecule has 3 nitrogen and oxygen atoms in total. The lowest BCUT2D eigenvalue weighted by molar-refractivity contribution is -0.118. The lowest BCUT2D eigenvalue weighted by Gasteiger charge is -2.08. The second-order valence-electron chi connectivity index (χ2n) is 4.74. The van der Waals surface area contributed by atoms with Gasteiger partial charge in [-0.25, -0.2) is 0 Å². The average molecular weight is 395 g/mol. The fourth-order valence-corrected chi connectivity index (χ4v) is 2.46. The summed E-state index contributed by atoms with van der Waals surface area (Å²) in [6.45, 7) is 2.16. The normalized spacial score (nSPS) is 10.2. The van der Waals surface area contributed by atoms with E-state index in [4.69, 9.17) is 4.74 Å². The van der Waals surface area contributed by atoms with Gasteiger partial charge in [0.1, 0.15) is 5.75 Å². The molecule has 2 rings (SSSR count). The van der Waals surface area contributed by atoms with Crippen LogP contribution in [-0.2, 0) is 11.2 Å². The van der Waals surface area contributed by atoms with Crippen LogP contribution in [0.5, 0.6) is 5.75 Å². The van der Waals surface area contributed by atoms with Gasteiger partial charge in [0.25, 0.3) is 5.91 Å². The van der Waals surface area contributed by atoms with Crippen LogP contribution in [0.2, 0.25) is 0 Å². The maximum absolute atomic E-state index is 11.8. The van der Waals surface area contributed by atoms with Crippen LogP contribution in [0.1, 0.15) is 18.9 Å². The molecule has 0 saturated carbocycles. The molecule has 0 radical (unpaired) electrons. The van der Waals surface area contributed by atoms with Crippen molar-refractivity contribution in [1.82, 2.24) is 0 Å². The summed E-state index contributed by atoms with van der Waals surface area (Å²) >= 11 is 2.21. The van der Waals surface area contributed by atoms with Crippen molar-refractivity contribution < 1.29 is 9.53 Å². The summed E-state index contributed by atoms with van der Waals surface area (Å²) in [5.74, 6) is 0.549. The van der Waals surface area contributed by atoms with Crippen LogP contribution in [0.3, 0.4) is 0 Å². The van der Waals surface area contributed by atoms with E-state index in [9.17, 15) is 4.79 Å². The summed E-state index contributed by atoms with van der Waals surface area (Å²) in [5, 5.41) is 2.83. The first kappa shape index (κ1) is 15.8. The first-order valence-electron chi connectivity index (χ1n) is 6.94. The number of hydrogen-bond donors (Lipinski definition) is 1. The molecule has 2 aromatic rings. The zero-order valence-corrected chi connectivity index (χ0v) is 14.1. The van der Waals surface area contributed by atoms with E-state index in [2.05, 4.69) is 34.8 Å². The number of carbonyl (C=O) groups is 1. The number of ether oxygens (including phenoxy) is 1. The van der Waals surface area contributed by atoms with E-state index >= 15 is 0 Å². The van der Waals surface area contributed by atoms with Crippen molar-refractivity contribution in [2.24, 2.45) is 0 Å². The predicted molar refractivity (Wildman–Crippen MR) is 93.7 cm³/mol. The Labute approximate surface area is 138 Å². The molecule has 0 bridgehead atoms. The molecule has 0 unspecified atom stereocenters. The monoisotopic (exact) mass is 395 g/mol. The van der Waals surface area contributed by atoms with Crippen molar-refractivity contribution >= 4 is 34.2 Å². The van der Waals surface area contributed by atoms with Crippen molar-refractivity contribution in [3.63, 3.8) is 0 Å². The summed E-state index contributed by atoms with van der Waals surface area (Å²) in [6, 6.07) is 15.6. The second-order valence-corrected chi connectivity index (χ2v) is 5.99. The molecular formula is C17H18INO2. The first-order valence-corrected chi connectivity index (χ1v) is 8.02. The first-order chi connectivity index (χ1) is 10.2. The molecule has 1 N–H and O–H groups in total. The van der Waals surface area contributed by atoms with Crippen LogP contribution in [-0.4, -0.2) is 12.5 Å². The van der Waals surface area contributed by atoms with Crippen LogP contribution < -0.4 is 10.1 Å². The summed E-state index contributed by atoms with van der Waals surface area (Å²) < 4.78 is 6.55. The summed E-state index contributed by atoms with van der Waals surface area (Å²) in [6.07, 6.45) is 2.18. The van der Waals surface area contributed by atoms with Gasteiger partial charge in [-0.3, -0.25) is 4.79 Å². The molecule has 0 saturated heterocycles. The molecule has 21 heavy (non-hydrogen) atoms. The number of hydrogen-bond acceptors (Lipinski definition) is 2. The zero-order valence-electron chi connectivity index (χ0n) is 11.9. The summed E-state index contributed by atoms with van der Waals surface area (Å²) in [4.78, 5) is 11.8. The van der Waals surface area contributed by atoms with E-state index < -0.39 is 0 Å². The second kappa shape index (κ2) is 8.02. The molecule has 2 aromatic carbocycles. The number of benzene rings is 2. The van der Waals surface area contributed by atoms with E-state index in [-0.39, 0.29) is 12.5 Å². The third-order valence-electron chi connectivity index (χ3n) is 2.94. The van der Waals surface area contributed by atoms with E-state index in [0.717, 1.165) is 22.1 Å². The quantitative estimate of drug-likeness (QED) is 0.743. The van der Waals surface area contributed by atoms with Crippen molar-refractivity contribution in [1.29, 1.82) is 0 Å². The van der Waals surface area contributed by atoms with Crippen LogP contribution in [0.15, 0.2) is 48.5 Å². The lowest BCUT2D eigenvalue weighted by atomic mass is 10.1. The van der Waals surface area contributed by atoms with Crippen molar-refractivity contribution in [3.8, 4) is 5.75 Å². The Morgan fingerprint density at radius 3 is 2.62 bits per heavy atom. The Morgan fingerprint density at radius 2 is 1.95 bits per heavy atom. The van der Waals surface area contributed by atoms with Gasteiger partial charge in [-0.05, 0) is 64.9 Å². The van der Waals surface area contributed by atoms with E-state index in [1.807, 2.05) is 48.5 Å². The average Bonchev–Trinajstić information content (AvgIpc) is 2.48. The van der Waals surface area contributed by atoms with Crippen LogP contribution >= 0.6 is 22.6 Å². The van der Waals surface area contributed by atoms with Gasteiger partial charge < -0.3 is 10.1 Å². The van der Waals surface area contributed by atoms with Gasteiger partial charge >= 0.3 is 0 Å². The highest BCUT2D eigenvalue weighted by Gasteiger charge is 2.04. The van der Waals surface area contributed by atoms with Crippen LogP contribution in [0.4, 0.5) is 5.69 Å². The largest absolute Gasteiger partial charge is 0.484 e. The number of aryl methyl sites for hydroxylation is 1. The fraction of sp³-hybridized carbons (Fsp3) is 0.235. The van der Waals surface area contributed by atoms with Crippen LogP contribution in [0, 0.1) is 3.57 Å². The Morgan fingerprint density at radius 1 is 1.19 bits per heavy atom. The Balaban J connectivity index is 1.84. The van der Waals surface area contributed by atoms with Gasteiger partial charge in [0, 0.05) is 9.26 Å². The third-order valence-corrected chi connectivity index (χ3v) is 3.61. The predicted octanol–water partition coefficient (Wildman–Crippen LogP) is 4.26. The molecule has 0 aliphatic heterocycles. The summed E-state index contributed by atoms with van der Waals surface area (Å²) in [5.41, 5.74) is 2.08. The number of nitrogens with one attached hydrogen (secondary N) is 1. The van der Waals surface area contributed by atoms with Gasteiger partial charge in [-0.1, -0.05) is 31.5 Å². The number of carbonyl (C=O) groups excluding carboxylic acids is 1. The van der Waals surface area contributed by atoms with E-state index in [1.54, 1.807) is 0 Å². The topological polar surface area (TPSA) is 38.3 Å². The van der Waals surface area contributed by atoms with Gasteiger partial charge in [-0.2, -0.15) is 0 Å². The van der Waals surface area contributed by atoms with Gasteiger partial charge in [0.05, 0.1) is 0 Å². The maximum Gasteiger partial charge on any atom is 0.262 e. The third kappa shape index (κ3) is 5.38. The van der Waals surface area contributed by atoms with E-state index in [0.29, 0.717) is 5.75 Å². The Kier molecular flexibility index (Phi) is 6.04. The minimum absolute atomic E-state index is 0.0107. The van der Waals surface area contributed by atoms with Crippen molar-refractivity contribution in [2.45, 2.75) is 19.8 Å². The molecule has 0 aliphatic rings. The lowest BCUT2D eigenvalue weighted by Crippen LogP contribution is -2.20. The molecule has 4 heteroatoms. The highest BCUT2D eigenvalue weighted by molar-refractivity contribution is 14.1. The minimum Gasteiger partial charge on any atom is -0.484 e. The molecule has 0 heterocycles. The molecular weight excluding hydrogens is 377 g/mol. The van der Waals surface area contributed by atoms with Gasteiger partial charge in [0.2, 0.25) is 0 Å². The number of rotatable bonds is 6. The molecule has 0 aliphatic carbocycles. The smallest absolute Gasteiger partial charge is 0.262 e. The number of halogens is 1. The molecule has 110 valence electrons. The van der Waals surface area contributed by atoms with Crippen molar-refractivity contribution in [3.05, 3.63) is 57.7 Å². The highest BCUT2D eigenvalue weighted by atomic mass is 127. The Bertz CT molecular complexity index is 596. The molecule has 0 aromatic heterocycles. The minimum atomic E-state index is -0.155. The number of amides is 1. The molecule has 1 amide bonds. The fourth-order valence-electron chi connectivity index (χ4n) is 1.95. The van der Waals surface area contributed by atoms with Crippen molar-refractivity contribution in [2.75, 3.05) is 11.9 Å². The zero-order chi connectivity index (χ0) is 15.1. The number of anilines is 1. The molecule has 0 fully saturated rings. The van der Waals surface area contributed by atoms with E-state index in [1.165, 1.54) is 5.56 Å². The van der Waals surface area contributed by atoms with Gasteiger partial charge in [-0.15, -0.1) is 0 Å². The summed E-state index contributed by atoms with van der Waals surface area (Å²) in [7, 11) is 0. The standard InChI is InChI=1S/C17H18INO2/c1-2-4-13-7-9-15(10-8-13)19-17(20)12-21-16-6-3-5-14(18)11-16/h3,5-11H,2,4,12H2,1H3,(H,19,20). The Hall–Kier alpha value is -1.56. The maximum atomic E-state index is 11.8.